The predicted molar refractivity (Wildman–Crippen MR) is 129 cm³/mol. The SMILES string of the molecule is C[C@@]1(C(=O)NCc2ccccc2)Cn2nc(-c3cccs3)cc2C(=O)N1Cc1ccccc1. The van der Waals surface area contributed by atoms with Crippen LogP contribution in [0, 0.1) is 0 Å². The van der Waals surface area contributed by atoms with Crippen molar-refractivity contribution in [3.8, 4) is 10.6 Å². The van der Waals surface area contributed by atoms with Crippen LogP contribution in [0.15, 0.2) is 84.2 Å². The lowest BCUT2D eigenvalue weighted by atomic mass is 9.94. The van der Waals surface area contributed by atoms with Crippen molar-refractivity contribution in [1.29, 1.82) is 0 Å². The van der Waals surface area contributed by atoms with E-state index >= 15 is 0 Å². The van der Waals surface area contributed by atoms with Crippen molar-refractivity contribution in [2.75, 3.05) is 0 Å². The minimum absolute atomic E-state index is 0.197. The molecule has 2 aromatic carbocycles. The number of carbonyl (C=O) groups excluding carboxylic acids is 2. The summed E-state index contributed by atoms with van der Waals surface area (Å²) >= 11 is 1.58. The minimum atomic E-state index is -1.09. The Morgan fingerprint density at radius 1 is 1.03 bits per heavy atom. The van der Waals surface area contributed by atoms with Crippen LogP contribution in [-0.4, -0.2) is 32.0 Å². The Kier molecular flexibility index (Phi) is 5.56. The van der Waals surface area contributed by atoms with Crippen LogP contribution in [0.4, 0.5) is 0 Å². The Bertz CT molecular complexity index is 1270. The first kappa shape index (κ1) is 21.2. The molecule has 2 amide bonds. The second kappa shape index (κ2) is 8.67. The van der Waals surface area contributed by atoms with E-state index in [-0.39, 0.29) is 18.4 Å². The first-order valence-electron chi connectivity index (χ1n) is 10.8. The molecular weight excluding hydrogens is 432 g/mol. The van der Waals surface area contributed by atoms with Gasteiger partial charge in [-0.2, -0.15) is 5.10 Å². The van der Waals surface area contributed by atoms with Crippen molar-refractivity contribution in [2.45, 2.75) is 32.1 Å². The van der Waals surface area contributed by atoms with Gasteiger partial charge in [-0.15, -0.1) is 11.3 Å². The number of hydrogen-bond donors (Lipinski definition) is 1. The molecular formula is C26H24N4O2S. The van der Waals surface area contributed by atoms with Gasteiger partial charge in [0.15, 0.2) is 0 Å². The fourth-order valence-electron chi connectivity index (χ4n) is 4.17. The van der Waals surface area contributed by atoms with Gasteiger partial charge in [0.2, 0.25) is 5.91 Å². The highest BCUT2D eigenvalue weighted by molar-refractivity contribution is 7.13. The number of fused-ring (bicyclic) bond motifs is 1. The van der Waals surface area contributed by atoms with E-state index in [9.17, 15) is 9.59 Å². The Labute approximate surface area is 196 Å². The van der Waals surface area contributed by atoms with Crippen LogP contribution in [0.5, 0.6) is 0 Å². The molecule has 33 heavy (non-hydrogen) atoms. The summed E-state index contributed by atoms with van der Waals surface area (Å²) < 4.78 is 1.68. The first-order chi connectivity index (χ1) is 16.0. The molecule has 0 saturated heterocycles. The van der Waals surface area contributed by atoms with Crippen LogP contribution < -0.4 is 5.32 Å². The Morgan fingerprint density at radius 3 is 2.39 bits per heavy atom. The number of aromatic nitrogens is 2. The molecule has 0 spiro atoms. The molecule has 1 aliphatic rings. The number of hydrogen-bond acceptors (Lipinski definition) is 4. The molecule has 0 radical (unpaired) electrons. The van der Waals surface area contributed by atoms with Gasteiger partial charge in [-0.1, -0.05) is 66.7 Å². The van der Waals surface area contributed by atoms with Gasteiger partial charge in [0.05, 0.1) is 11.4 Å². The van der Waals surface area contributed by atoms with Crippen molar-refractivity contribution >= 4 is 23.2 Å². The standard InChI is InChI=1S/C26H24N4O2S/c1-26(25(32)27-16-19-9-4-2-5-10-19)18-30-22(15-21(28-30)23-13-8-14-33-23)24(31)29(26)17-20-11-6-3-7-12-20/h2-15H,16-18H2,1H3,(H,27,32)/t26-/m0/s1. The van der Waals surface area contributed by atoms with Gasteiger partial charge in [0.25, 0.3) is 5.91 Å². The van der Waals surface area contributed by atoms with Crippen molar-refractivity contribution in [3.05, 3.63) is 101 Å². The highest BCUT2D eigenvalue weighted by Gasteiger charge is 2.48. The second-order valence-electron chi connectivity index (χ2n) is 8.37. The maximum Gasteiger partial charge on any atom is 0.273 e. The molecule has 0 unspecified atom stereocenters. The van der Waals surface area contributed by atoms with E-state index in [2.05, 4.69) is 10.4 Å². The summed E-state index contributed by atoms with van der Waals surface area (Å²) in [5.74, 6) is -0.396. The van der Waals surface area contributed by atoms with Gasteiger partial charge in [-0.25, -0.2) is 0 Å². The molecule has 2 aromatic heterocycles. The summed E-state index contributed by atoms with van der Waals surface area (Å²) in [4.78, 5) is 29.9. The Morgan fingerprint density at radius 2 is 1.73 bits per heavy atom. The van der Waals surface area contributed by atoms with Crippen molar-refractivity contribution < 1.29 is 9.59 Å². The molecule has 0 fully saturated rings. The third-order valence-corrected chi connectivity index (χ3v) is 6.93. The third-order valence-electron chi connectivity index (χ3n) is 6.04. The van der Waals surface area contributed by atoms with Gasteiger partial charge in [0.1, 0.15) is 16.9 Å². The molecule has 1 atom stereocenters. The predicted octanol–water partition coefficient (Wildman–Crippen LogP) is 4.34. The van der Waals surface area contributed by atoms with Crippen LogP contribution in [-0.2, 0) is 24.4 Å². The van der Waals surface area contributed by atoms with Crippen LogP contribution in [0.1, 0.15) is 28.5 Å². The zero-order valence-corrected chi connectivity index (χ0v) is 19.1. The summed E-state index contributed by atoms with van der Waals surface area (Å²) in [5, 5.41) is 9.70. The molecule has 1 N–H and O–H groups in total. The lowest BCUT2D eigenvalue weighted by Crippen LogP contribution is -2.63. The molecule has 6 nitrogen and oxygen atoms in total. The normalized spacial score (nSPS) is 17.6. The summed E-state index contributed by atoms with van der Waals surface area (Å²) in [6.45, 7) is 2.85. The minimum Gasteiger partial charge on any atom is -0.350 e. The molecule has 0 bridgehead atoms. The highest BCUT2D eigenvalue weighted by Crippen LogP contribution is 2.32. The topological polar surface area (TPSA) is 67.2 Å². The van der Waals surface area contributed by atoms with Crippen LogP contribution in [0.3, 0.4) is 0 Å². The summed E-state index contributed by atoms with van der Waals surface area (Å²) in [5.41, 5.74) is 2.14. The molecule has 166 valence electrons. The molecule has 5 rings (SSSR count). The van der Waals surface area contributed by atoms with Crippen molar-refractivity contribution in [1.82, 2.24) is 20.0 Å². The van der Waals surface area contributed by atoms with E-state index in [0.717, 1.165) is 21.7 Å². The van der Waals surface area contributed by atoms with E-state index in [1.54, 1.807) is 20.9 Å². The van der Waals surface area contributed by atoms with E-state index in [4.69, 9.17) is 0 Å². The van der Waals surface area contributed by atoms with Crippen LogP contribution in [0.2, 0.25) is 0 Å². The number of amides is 2. The fourth-order valence-corrected chi connectivity index (χ4v) is 4.85. The summed E-state index contributed by atoms with van der Waals surface area (Å²) in [6, 6.07) is 25.3. The maximum absolute atomic E-state index is 13.7. The zero-order valence-electron chi connectivity index (χ0n) is 18.3. The number of benzene rings is 2. The van der Waals surface area contributed by atoms with Crippen molar-refractivity contribution in [2.24, 2.45) is 0 Å². The molecule has 3 heterocycles. The van der Waals surface area contributed by atoms with E-state index in [1.165, 1.54) is 0 Å². The lowest BCUT2D eigenvalue weighted by Gasteiger charge is -2.43. The maximum atomic E-state index is 13.7. The Balaban J connectivity index is 1.49. The second-order valence-corrected chi connectivity index (χ2v) is 9.32. The van der Waals surface area contributed by atoms with Gasteiger partial charge < -0.3 is 10.2 Å². The van der Waals surface area contributed by atoms with Gasteiger partial charge in [-0.05, 0) is 35.6 Å². The van der Waals surface area contributed by atoms with Crippen LogP contribution >= 0.6 is 11.3 Å². The number of thiophene rings is 1. The molecule has 0 saturated carbocycles. The molecule has 0 aliphatic carbocycles. The van der Waals surface area contributed by atoms with E-state index < -0.39 is 5.54 Å². The largest absolute Gasteiger partial charge is 0.350 e. The van der Waals surface area contributed by atoms with Crippen LogP contribution in [0.25, 0.3) is 10.6 Å². The zero-order chi connectivity index (χ0) is 22.8. The Hall–Kier alpha value is -3.71. The summed E-state index contributed by atoms with van der Waals surface area (Å²) in [7, 11) is 0. The number of rotatable bonds is 6. The van der Waals surface area contributed by atoms with E-state index in [1.807, 2.05) is 91.2 Å². The highest BCUT2D eigenvalue weighted by atomic mass is 32.1. The fraction of sp³-hybridized carbons (Fsp3) is 0.192. The van der Waals surface area contributed by atoms with Gasteiger partial charge >= 0.3 is 0 Å². The van der Waals surface area contributed by atoms with E-state index in [0.29, 0.717) is 18.8 Å². The number of nitrogens with zero attached hydrogens (tertiary/aromatic N) is 3. The average molecular weight is 457 g/mol. The average Bonchev–Trinajstić information content (AvgIpc) is 3.52. The van der Waals surface area contributed by atoms with Gasteiger partial charge in [0, 0.05) is 13.1 Å². The molecule has 7 heteroatoms. The summed E-state index contributed by atoms with van der Waals surface area (Å²) in [6.07, 6.45) is 0. The number of nitrogens with one attached hydrogen (secondary N) is 1. The monoisotopic (exact) mass is 456 g/mol. The number of carbonyl (C=O) groups is 2. The quantitative estimate of drug-likeness (QED) is 0.469. The van der Waals surface area contributed by atoms with Gasteiger partial charge in [-0.3, -0.25) is 14.3 Å². The molecule has 1 aliphatic heterocycles. The third kappa shape index (κ3) is 4.07. The smallest absolute Gasteiger partial charge is 0.273 e. The van der Waals surface area contributed by atoms with Crippen molar-refractivity contribution in [3.63, 3.8) is 0 Å². The lowest BCUT2D eigenvalue weighted by molar-refractivity contribution is -0.133. The first-order valence-corrected chi connectivity index (χ1v) is 11.7. The molecule has 4 aromatic rings.